The van der Waals surface area contributed by atoms with Gasteiger partial charge in [0, 0.05) is 10.9 Å². The first kappa shape index (κ1) is 27.8. The van der Waals surface area contributed by atoms with Crippen LogP contribution < -0.4 is 10.2 Å². The summed E-state index contributed by atoms with van der Waals surface area (Å²) >= 11 is 3.34. The summed E-state index contributed by atoms with van der Waals surface area (Å²) < 4.78 is 6.28. The molecule has 5 nitrogen and oxygen atoms in total. The Bertz CT molecular complexity index is 880. The Morgan fingerprint density at radius 3 is 1.97 bits per heavy atom. The average molecular weight is 530 g/mol. The summed E-state index contributed by atoms with van der Waals surface area (Å²) in [5, 5.41) is 4.02. The van der Waals surface area contributed by atoms with Crippen molar-refractivity contribution in [3.8, 4) is 5.75 Å². The molecule has 0 fully saturated rings. The third-order valence-corrected chi connectivity index (χ3v) is 6.11. The van der Waals surface area contributed by atoms with Crippen molar-refractivity contribution in [2.24, 2.45) is 5.10 Å². The number of ether oxygens (including phenoxy) is 1. The Hall–Kier alpha value is -2.47. The summed E-state index contributed by atoms with van der Waals surface area (Å²) in [5.74, 6) is -0.0265. The van der Waals surface area contributed by atoms with Crippen molar-refractivity contribution in [2.45, 2.75) is 84.0 Å². The molecule has 0 aliphatic carbocycles. The highest BCUT2D eigenvalue weighted by molar-refractivity contribution is 9.10. The second kappa shape index (κ2) is 17.0. The first-order valence-electron chi connectivity index (χ1n) is 12.5. The van der Waals surface area contributed by atoms with E-state index in [1.165, 1.54) is 57.8 Å². The first-order chi connectivity index (χ1) is 16.6. The molecule has 2 aromatic rings. The maximum Gasteiger partial charge on any atom is 0.343 e. The Labute approximate surface area is 212 Å². The zero-order valence-corrected chi connectivity index (χ0v) is 21.8. The topological polar surface area (TPSA) is 67.8 Å². The average Bonchev–Trinajstić information content (AvgIpc) is 2.84. The number of carbonyl (C=O) groups is 2. The number of amides is 1. The Balaban J connectivity index is 1.55. The van der Waals surface area contributed by atoms with E-state index in [-0.39, 0.29) is 5.91 Å². The normalized spacial score (nSPS) is 11.0. The van der Waals surface area contributed by atoms with Crippen LogP contribution in [0, 0.1) is 0 Å². The number of hydrogen-bond donors (Lipinski definition) is 1. The van der Waals surface area contributed by atoms with Gasteiger partial charge in [-0.15, -0.1) is 0 Å². The molecule has 0 atom stereocenters. The van der Waals surface area contributed by atoms with Gasteiger partial charge in [-0.3, -0.25) is 4.79 Å². The highest BCUT2D eigenvalue weighted by Crippen LogP contribution is 2.16. The largest absolute Gasteiger partial charge is 0.423 e. The maximum atomic E-state index is 12.2. The summed E-state index contributed by atoms with van der Waals surface area (Å²) in [6.07, 6.45) is 16.0. The number of halogens is 1. The van der Waals surface area contributed by atoms with E-state index in [1.807, 2.05) is 0 Å². The van der Waals surface area contributed by atoms with Crippen LogP contribution in [0.15, 0.2) is 58.1 Å². The van der Waals surface area contributed by atoms with E-state index < -0.39 is 5.97 Å². The van der Waals surface area contributed by atoms with Gasteiger partial charge in [0.15, 0.2) is 0 Å². The number of nitrogens with one attached hydrogen (secondary N) is 1. The minimum atomic E-state index is -0.413. The molecule has 0 aliphatic rings. The van der Waals surface area contributed by atoms with E-state index in [0.717, 1.165) is 22.9 Å². The molecule has 0 aromatic heterocycles. The molecule has 0 spiro atoms. The second-order valence-corrected chi connectivity index (χ2v) is 9.46. The molecule has 34 heavy (non-hydrogen) atoms. The molecule has 1 amide bonds. The van der Waals surface area contributed by atoms with Crippen molar-refractivity contribution in [3.63, 3.8) is 0 Å². The lowest BCUT2D eigenvalue weighted by Gasteiger charge is -2.05. The van der Waals surface area contributed by atoms with Gasteiger partial charge in [0.25, 0.3) is 0 Å². The predicted octanol–water partition coefficient (Wildman–Crippen LogP) is 7.82. The minimum absolute atomic E-state index is 0.0628. The van der Waals surface area contributed by atoms with E-state index in [1.54, 1.807) is 54.7 Å². The van der Waals surface area contributed by atoms with Crippen LogP contribution in [0.2, 0.25) is 0 Å². The smallest absolute Gasteiger partial charge is 0.343 e. The maximum absolute atomic E-state index is 12.2. The monoisotopic (exact) mass is 528 g/mol. The number of esters is 1. The van der Waals surface area contributed by atoms with Crippen LogP contribution in [0.3, 0.4) is 0 Å². The third kappa shape index (κ3) is 12.1. The Morgan fingerprint density at radius 2 is 1.38 bits per heavy atom. The van der Waals surface area contributed by atoms with Crippen LogP contribution in [-0.2, 0) is 4.79 Å². The quantitative estimate of drug-likeness (QED) is 0.0793. The van der Waals surface area contributed by atoms with Crippen molar-refractivity contribution < 1.29 is 14.3 Å². The molecule has 184 valence electrons. The molecule has 0 bridgehead atoms. The third-order valence-electron chi connectivity index (χ3n) is 5.58. The molecule has 0 saturated heterocycles. The molecule has 2 aromatic carbocycles. The Kier molecular flexibility index (Phi) is 13.9. The lowest BCUT2D eigenvalue weighted by atomic mass is 10.1. The predicted molar refractivity (Wildman–Crippen MR) is 142 cm³/mol. The van der Waals surface area contributed by atoms with Gasteiger partial charge in [-0.1, -0.05) is 87.1 Å². The molecular weight excluding hydrogens is 492 g/mol. The van der Waals surface area contributed by atoms with Crippen LogP contribution in [0.4, 0.5) is 0 Å². The van der Waals surface area contributed by atoms with Gasteiger partial charge < -0.3 is 4.74 Å². The summed E-state index contributed by atoms with van der Waals surface area (Å²) in [5.41, 5.74) is 3.87. The van der Waals surface area contributed by atoms with Gasteiger partial charge in [0.05, 0.1) is 11.8 Å². The minimum Gasteiger partial charge on any atom is -0.423 e. The van der Waals surface area contributed by atoms with Gasteiger partial charge in [0.1, 0.15) is 5.75 Å². The molecule has 0 saturated carbocycles. The number of hydrogen-bond acceptors (Lipinski definition) is 4. The molecule has 2 rings (SSSR count). The van der Waals surface area contributed by atoms with Crippen molar-refractivity contribution in [1.29, 1.82) is 0 Å². The van der Waals surface area contributed by atoms with Gasteiger partial charge in [-0.2, -0.15) is 5.10 Å². The zero-order chi connectivity index (χ0) is 24.4. The first-order valence-corrected chi connectivity index (χ1v) is 13.3. The fourth-order valence-corrected chi connectivity index (χ4v) is 3.82. The standard InChI is InChI=1S/C28H37BrN2O3/c1-2-3-4-5-6-7-8-9-10-11-12-13-27(32)31-30-22-23-14-20-26(21-15-23)34-28(33)24-16-18-25(29)19-17-24/h14-22H,2-13H2,1H3,(H,31,32)/b30-22-. The van der Waals surface area contributed by atoms with Crippen molar-refractivity contribution in [1.82, 2.24) is 5.43 Å². The van der Waals surface area contributed by atoms with Crippen molar-refractivity contribution >= 4 is 34.0 Å². The van der Waals surface area contributed by atoms with E-state index in [9.17, 15) is 9.59 Å². The fourth-order valence-electron chi connectivity index (χ4n) is 3.56. The van der Waals surface area contributed by atoms with E-state index in [4.69, 9.17) is 4.74 Å². The highest BCUT2D eigenvalue weighted by Gasteiger charge is 2.08. The number of benzene rings is 2. The molecule has 0 aliphatic heterocycles. The summed E-state index contributed by atoms with van der Waals surface area (Å²) in [6.45, 7) is 2.25. The summed E-state index contributed by atoms with van der Waals surface area (Å²) in [6, 6.07) is 14.0. The van der Waals surface area contributed by atoms with Gasteiger partial charge in [-0.05, 0) is 60.5 Å². The highest BCUT2D eigenvalue weighted by atomic mass is 79.9. The van der Waals surface area contributed by atoms with Gasteiger partial charge >= 0.3 is 5.97 Å². The molecule has 0 radical (unpaired) electrons. The molecule has 6 heteroatoms. The van der Waals surface area contributed by atoms with Crippen LogP contribution >= 0.6 is 15.9 Å². The molecule has 0 unspecified atom stereocenters. The van der Waals surface area contributed by atoms with Crippen LogP contribution in [0.25, 0.3) is 0 Å². The van der Waals surface area contributed by atoms with Crippen LogP contribution in [0.1, 0.15) is 99.9 Å². The number of hydrazone groups is 1. The van der Waals surface area contributed by atoms with Crippen LogP contribution in [0.5, 0.6) is 5.75 Å². The molecule has 0 heterocycles. The van der Waals surface area contributed by atoms with Crippen molar-refractivity contribution in [3.05, 3.63) is 64.1 Å². The number of rotatable bonds is 16. The van der Waals surface area contributed by atoms with Gasteiger partial charge in [-0.25, -0.2) is 10.2 Å². The summed E-state index contributed by atoms with van der Waals surface area (Å²) in [7, 11) is 0. The molecule has 1 N–H and O–H groups in total. The van der Waals surface area contributed by atoms with Crippen molar-refractivity contribution in [2.75, 3.05) is 0 Å². The lowest BCUT2D eigenvalue weighted by molar-refractivity contribution is -0.121. The number of unbranched alkanes of at least 4 members (excludes halogenated alkanes) is 10. The Morgan fingerprint density at radius 1 is 0.824 bits per heavy atom. The van der Waals surface area contributed by atoms with Gasteiger partial charge in [0.2, 0.25) is 5.91 Å². The van der Waals surface area contributed by atoms with E-state index in [2.05, 4.69) is 33.4 Å². The second-order valence-electron chi connectivity index (χ2n) is 8.54. The molecular formula is C28H37BrN2O3. The van der Waals surface area contributed by atoms with Crippen LogP contribution in [-0.4, -0.2) is 18.1 Å². The lowest BCUT2D eigenvalue weighted by Crippen LogP contribution is -2.16. The summed E-state index contributed by atoms with van der Waals surface area (Å²) in [4.78, 5) is 24.1. The number of carbonyl (C=O) groups excluding carboxylic acids is 2. The SMILES string of the molecule is CCCCCCCCCCCCCC(=O)N/N=C\c1ccc(OC(=O)c2ccc(Br)cc2)cc1. The van der Waals surface area contributed by atoms with E-state index in [0.29, 0.717) is 17.7 Å². The zero-order valence-electron chi connectivity index (χ0n) is 20.2. The number of nitrogens with zero attached hydrogens (tertiary/aromatic N) is 1. The fraction of sp³-hybridized carbons (Fsp3) is 0.464. The van der Waals surface area contributed by atoms with E-state index >= 15 is 0 Å².